The van der Waals surface area contributed by atoms with Crippen LogP contribution in [0, 0.1) is 0 Å². The van der Waals surface area contributed by atoms with Crippen LogP contribution >= 0.6 is 0 Å². The van der Waals surface area contributed by atoms with Crippen molar-refractivity contribution in [2.24, 2.45) is 0 Å². The number of fused-ring (bicyclic) bond motifs is 2. The predicted octanol–water partition coefficient (Wildman–Crippen LogP) is 2.62. The Morgan fingerprint density at radius 3 is 2.46 bits per heavy atom. The topological polar surface area (TPSA) is 135 Å². The Labute approximate surface area is 215 Å². The van der Waals surface area contributed by atoms with Crippen molar-refractivity contribution in [3.63, 3.8) is 0 Å². The molecule has 2 N–H and O–H groups in total. The van der Waals surface area contributed by atoms with E-state index in [4.69, 9.17) is 9.72 Å². The number of rotatable bonds is 7. The molecule has 1 aliphatic heterocycles. The van der Waals surface area contributed by atoms with E-state index in [9.17, 15) is 22.8 Å². The highest BCUT2D eigenvalue weighted by molar-refractivity contribution is 7.90. The standard InChI is InChI=1S/C26H28N4O6S/c1-16(2)30-13-12-23-21(14-30)25(20-6-4-5-7-22(20)28-23)26(33)36-15-24(32)27-18-8-10-19(11-9-18)37(34,35)29-17(3)31/h4-11,16H,12-15H2,1-3H3,(H,27,32)(H,29,31). The lowest BCUT2D eigenvalue weighted by Crippen LogP contribution is -2.37. The highest BCUT2D eigenvalue weighted by Crippen LogP contribution is 2.29. The average Bonchev–Trinajstić information content (AvgIpc) is 2.85. The van der Waals surface area contributed by atoms with Gasteiger partial charge in [-0.25, -0.2) is 17.9 Å². The molecule has 2 heterocycles. The summed E-state index contributed by atoms with van der Waals surface area (Å²) in [5, 5.41) is 3.25. The number of amides is 2. The quantitative estimate of drug-likeness (QED) is 0.451. The van der Waals surface area contributed by atoms with Crippen molar-refractivity contribution < 1.29 is 27.5 Å². The van der Waals surface area contributed by atoms with E-state index in [1.54, 1.807) is 0 Å². The van der Waals surface area contributed by atoms with Crippen LogP contribution in [0.15, 0.2) is 53.4 Å². The van der Waals surface area contributed by atoms with Crippen LogP contribution in [-0.4, -0.2) is 55.3 Å². The average molecular weight is 525 g/mol. The largest absolute Gasteiger partial charge is 0.452 e. The van der Waals surface area contributed by atoms with Gasteiger partial charge in [0.05, 0.1) is 16.0 Å². The summed E-state index contributed by atoms with van der Waals surface area (Å²) < 4.78 is 31.4. The van der Waals surface area contributed by atoms with E-state index >= 15 is 0 Å². The van der Waals surface area contributed by atoms with Gasteiger partial charge in [-0.15, -0.1) is 0 Å². The number of hydrogen-bond donors (Lipinski definition) is 2. The number of anilines is 1. The Kier molecular flexibility index (Phi) is 7.55. The van der Waals surface area contributed by atoms with E-state index in [2.05, 4.69) is 24.1 Å². The van der Waals surface area contributed by atoms with Gasteiger partial charge < -0.3 is 10.1 Å². The number of nitrogens with zero attached hydrogens (tertiary/aromatic N) is 2. The predicted molar refractivity (Wildman–Crippen MR) is 137 cm³/mol. The van der Waals surface area contributed by atoms with Gasteiger partial charge in [-0.05, 0) is 44.2 Å². The molecule has 11 heteroatoms. The molecule has 0 saturated carbocycles. The molecule has 2 amide bonds. The number of sulfonamides is 1. The molecular formula is C26H28N4O6S. The third-order valence-corrected chi connectivity index (χ3v) is 7.52. The van der Waals surface area contributed by atoms with Gasteiger partial charge in [0.25, 0.3) is 15.9 Å². The minimum Gasteiger partial charge on any atom is -0.452 e. The summed E-state index contributed by atoms with van der Waals surface area (Å²) in [7, 11) is -3.98. The van der Waals surface area contributed by atoms with Gasteiger partial charge in [0.2, 0.25) is 5.91 Å². The number of para-hydroxylation sites is 1. The highest BCUT2D eigenvalue weighted by Gasteiger charge is 2.28. The number of ether oxygens (including phenoxy) is 1. The lowest BCUT2D eigenvalue weighted by atomic mass is 9.95. The van der Waals surface area contributed by atoms with E-state index in [-0.39, 0.29) is 4.90 Å². The zero-order valence-electron chi connectivity index (χ0n) is 20.8. The van der Waals surface area contributed by atoms with Crippen molar-refractivity contribution >= 4 is 44.4 Å². The number of carbonyl (C=O) groups is 3. The molecule has 1 aromatic heterocycles. The maximum Gasteiger partial charge on any atom is 0.339 e. The number of pyridine rings is 1. The fourth-order valence-corrected chi connectivity index (χ4v) is 5.24. The minimum atomic E-state index is -3.98. The van der Waals surface area contributed by atoms with Gasteiger partial charge in [-0.2, -0.15) is 0 Å². The monoisotopic (exact) mass is 524 g/mol. The zero-order valence-corrected chi connectivity index (χ0v) is 21.6. The molecule has 0 bridgehead atoms. The molecule has 0 atom stereocenters. The maximum atomic E-state index is 13.3. The Balaban J connectivity index is 1.48. The minimum absolute atomic E-state index is 0.128. The van der Waals surface area contributed by atoms with E-state index in [1.165, 1.54) is 24.3 Å². The molecule has 37 heavy (non-hydrogen) atoms. The molecule has 0 radical (unpaired) electrons. The Morgan fingerprint density at radius 1 is 1.08 bits per heavy atom. The lowest BCUT2D eigenvalue weighted by molar-refractivity contribution is -0.119. The Bertz CT molecular complexity index is 1470. The van der Waals surface area contributed by atoms with Crippen molar-refractivity contribution in [1.29, 1.82) is 0 Å². The fraction of sp³-hybridized carbons (Fsp3) is 0.308. The van der Waals surface area contributed by atoms with Crippen LogP contribution in [0.4, 0.5) is 5.69 Å². The molecule has 0 spiro atoms. The summed E-state index contributed by atoms with van der Waals surface area (Å²) in [6.45, 7) is 6.18. The smallest absolute Gasteiger partial charge is 0.339 e. The number of aromatic nitrogens is 1. The Hall–Kier alpha value is -3.83. The van der Waals surface area contributed by atoms with Crippen molar-refractivity contribution in [1.82, 2.24) is 14.6 Å². The van der Waals surface area contributed by atoms with E-state index < -0.39 is 34.4 Å². The van der Waals surface area contributed by atoms with Crippen molar-refractivity contribution in [2.45, 2.75) is 44.7 Å². The first-order valence-electron chi connectivity index (χ1n) is 11.8. The SMILES string of the molecule is CC(=O)NS(=O)(=O)c1ccc(NC(=O)COC(=O)c2c3c(nc4ccccc24)CCN(C(C)C)C3)cc1. The summed E-state index contributed by atoms with van der Waals surface area (Å²) in [6, 6.07) is 12.9. The van der Waals surface area contributed by atoms with Gasteiger partial charge in [-0.1, -0.05) is 18.2 Å². The summed E-state index contributed by atoms with van der Waals surface area (Å²) in [6.07, 6.45) is 0.715. The van der Waals surface area contributed by atoms with E-state index in [1.807, 2.05) is 29.0 Å². The normalized spacial score (nSPS) is 13.7. The molecule has 1 aliphatic rings. The van der Waals surface area contributed by atoms with Crippen LogP contribution in [0.5, 0.6) is 0 Å². The first-order chi connectivity index (χ1) is 17.5. The second-order valence-electron chi connectivity index (χ2n) is 9.05. The highest BCUT2D eigenvalue weighted by atomic mass is 32.2. The summed E-state index contributed by atoms with van der Waals surface area (Å²) >= 11 is 0. The summed E-state index contributed by atoms with van der Waals surface area (Å²) in [5.74, 6) is -1.89. The molecule has 4 rings (SSSR count). The fourth-order valence-electron chi connectivity index (χ4n) is 4.25. The molecule has 10 nitrogen and oxygen atoms in total. The first kappa shape index (κ1) is 26.2. The zero-order chi connectivity index (χ0) is 26.7. The number of nitrogens with one attached hydrogen (secondary N) is 2. The van der Waals surface area contributed by atoms with E-state index in [0.29, 0.717) is 41.2 Å². The molecule has 0 fully saturated rings. The van der Waals surface area contributed by atoms with Gasteiger partial charge in [0.1, 0.15) is 0 Å². The van der Waals surface area contributed by atoms with Crippen LogP contribution in [0.3, 0.4) is 0 Å². The van der Waals surface area contributed by atoms with Gasteiger partial charge >= 0.3 is 5.97 Å². The summed E-state index contributed by atoms with van der Waals surface area (Å²) in [4.78, 5) is 43.7. The molecular weight excluding hydrogens is 496 g/mol. The van der Waals surface area contributed by atoms with E-state index in [0.717, 1.165) is 24.7 Å². The Morgan fingerprint density at radius 2 is 1.78 bits per heavy atom. The van der Waals surface area contributed by atoms with Crippen molar-refractivity contribution in [3.05, 3.63) is 65.4 Å². The van der Waals surface area contributed by atoms with Crippen LogP contribution in [-0.2, 0) is 37.3 Å². The second kappa shape index (κ2) is 10.7. The number of carbonyl (C=O) groups excluding carboxylic acids is 3. The summed E-state index contributed by atoms with van der Waals surface area (Å²) in [5.41, 5.74) is 3.11. The first-order valence-corrected chi connectivity index (χ1v) is 13.3. The maximum absolute atomic E-state index is 13.3. The molecule has 194 valence electrons. The van der Waals surface area contributed by atoms with Crippen LogP contribution in [0.25, 0.3) is 10.9 Å². The van der Waals surface area contributed by atoms with Gasteiger partial charge in [0, 0.05) is 54.8 Å². The van der Waals surface area contributed by atoms with Gasteiger partial charge in [-0.3, -0.25) is 19.5 Å². The van der Waals surface area contributed by atoms with Crippen LogP contribution < -0.4 is 10.0 Å². The molecule has 0 aliphatic carbocycles. The van der Waals surface area contributed by atoms with Crippen molar-refractivity contribution in [2.75, 3.05) is 18.5 Å². The second-order valence-corrected chi connectivity index (χ2v) is 10.7. The molecule has 3 aromatic rings. The molecule has 0 saturated heterocycles. The third kappa shape index (κ3) is 5.95. The van der Waals surface area contributed by atoms with Gasteiger partial charge in [0.15, 0.2) is 6.61 Å². The van der Waals surface area contributed by atoms with Crippen LogP contribution in [0.1, 0.15) is 42.4 Å². The lowest BCUT2D eigenvalue weighted by Gasteiger charge is -2.32. The number of esters is 1. The third-order valence-electron chi connectivity index (χ3n) is 6.07. The molecule has 2 aromatic carbocycles. The van der Waals surface area contributed by atoms with Crippen LogP contribution in [0.2, 0.25) is 0 Å². The molecule has 0 unspecified atom stereocenters. The number of benzene rings is 2. The number of hydrogen-bond acceptors (Lipinski definition) is 8. The van der Waals surface area contributed by atoms with Crippen molar-refractivity contribution in [3.8, 4) is 0 Å².